The van der Waals surface area contributed by atoms with Crippen molar-refractivity contribution in [3.05, 3.63) is 53.2 Å². The first-order valence-corrected chi connectivity index (χ1v) is 12.6. The number of hydrogen-bond acceptors (Lipinski definition) is 5. The molecule has 8 nitrogen and oxygen atoms in total. The summed E-state index contributed by atoms with van der Waals surface area (Å²) in [7, 11) is 0. The summed E-state index contributed by atoms with van der Waals surface area (Å²) >= 11 is 0. The minimum atomic E-state index is -1.40. The van der Waals surface area contributed by atoms with Crippen molar-refractivity contribution in [3.63, 3.8) is 0 Å². The van der Waals surface area contributed by atoms with E-state index in [9.17, 15) is 14.9 Å². The Bertz CT molecular complexity index is 1230. The molecule has 9 heteroatoms. The average Bonchev–Trinajstić information content (AvgIpc) is 3.40. The number of amides is 2. The zero-order valence-corrected chi connectivity index (χ0v) is 20.3. The molecule has 3 aliphatic rings. The van der Waals surface area contributed by atoms with E-state index >= 15 is 4.39 Å². The minimum Gasteiger partial charge on any atom is -0.365 e. The van der Waals surface area contributed by atoms with Crippen molar-refractivity contribution < 1.29 is 14.0 Å². The first-order valence-electron chi connectivity index (χ1n) is 12.6. The molecule has 5 rings (SSSR count). The van der Waals surface area contributed by atoms with Crippen LogP contribution in [0.1, 0.15) is 66.4 Å². The molecule has 2 heterocycles. The van der Waals surface area contributed by atoms with Crippen molar-refractivity contribution in [1.82, 2.24) is 14.7 Å². The van der Waals surface area contributed by atoms with E-state index in [-0.39, 0.29) is 36.2 Å². The van der Waals surface area contributed by atoms with Crippen molar-refractivity contribution in [2.75, 3.05) is 18.4 Å². The van der Waals surface area contributed by atoms with E-state index in [1.54, 1.807) is 0 Å². The third-order valence-corrected chi connectivity index (χ3v) is 7.65. The lowest BCUT2D eigenvalue weighted by Gasteiger charge is -2.43. The van der Waals surface area contributed by atoms with Crippen LogP contribution in [0.5, 0.6) is 0 Å². The molecule has 0 spiro atoms. The van der Waals surface area contributed by atoms with Gasteiger partial charge in [-0.1, -0.05) is 30.3 Å². The number of piperidine rings is 1. The predicted molar refractivity (Wildman–Crippen MR) is 133 cm³/mol. The van der Waals surface area contributed by atoms with Crippen LogP contribution in [0.4, 0.5) is 10.2 Å². The van der Waals surface area contributed by atoms with Gasteiger partial charge >= 0.3 is 0 Å². The molecule has 2 amide bonds. The van der Waals surface area contributed by atoms with E-state index in [4.69, 9.17) is 5.73 Å². The summed E-state index contributed by atoms with van der Waals surface area (Å²) in [6.45, 7) is 1.30. The molecule has 1 aromatic heterocycles. The monoisotopic (exact) mass is 490 g/mol. The maximum Gasteiger partial charge on any atom is 0.254 e. The highest BCUT2D eigenvalue weighted by molar-refractivity contribution is 6.02. The van der Waals surface area contributed by atoms with Gasteiger partial charge in [-0.05, 0) is 55.2 Å². The van der Waals surface area contributed by atoms with Gasteiger partial charge in [-0.3, -0.25) is 19.2 Å². The number of nitrogens with one attached hydrogen (secondary N) is 1. The lowest BCUT2D eigenvalue weighted by molar-refractivity contribution is -0.117. The standard InChI is InChI=1S/C27H31FN6O2/c28-23-17-33(15-18-5-7-20(8-6-18)19-3-1-2-4-19)14-12-27(23,11-13-29)34-16-22(24(30)35)25(32-34)31-26(36)21-9-10-21/h3,5-8,16,21,23H,1-2,4,9-12,14-15,17H2,(H2,30,35)(H,31,32,36). The van der Waals surface area contributed by atoms with Gasteiger partial charge in [0.15, 0.2) is 5.82 Å². The van der Waals surface area contributed by atoms with E-state index in [0.717, 1.165) is 31.2 Å². The number of anilines is 1. The van der Waals surface area contributed by atoms with Gasteiger partial charge in [0, 0.05) is 31.7 Å². The SMILES string of the molecule is N#CCC1(n2cc(C(N)=O)c(NC(=O)C3CC3)n2)CCN(Cc2ccc(C3=CCCC3)cc2)CC1F. The largest absolute Gasteiger partial charge is 0.365 e. The summed E-state index contributed by atoms with van der Waals surface area (Å²) in [6, 6.07) is 10.6. The summed E-state index contributed by atoms with van der Waals surface area (Å²) in [4.78, 5) is 26.3. The molecule has 1 saturated heterocycles. The Morgan fingerprint density at radius 2 is 2.06 bits per heavy atom. The minimum absolute atomic E-state index is 0.0217. The third kappa shape index (κ3) is 4.78. The van der Waals surface area contributed by atoms with E-state index in [1.165, 1.54) is 28.4 Å². The van der Waals surface area contributed by atoms with Crippen LogP contribution in [0.2, 0.25) is 0 Å². The first kappa shape index (κ1) is 24.2. The van der Waals surface area contributed by atoms with Crippen LogP contribution < -0.4 is 11.1 Å². The Kier molecular flexibility index (Phi) is 6.63. The van der Waals surface area contributed by atoms with Crippen LogP contribution >= 0.6 is 0 Å². The van der Waals surface area contributed by atoms with Gasteiger partial charge in [0.1, 0.15) is 17.3 Å². The number of alkyl halides is 1. The van der Waals surface area contributed by atoms with Gasteiger partial charge < -0.3 is 11.1 Å². The second-order valence-corrected chi connectivity index (χ2v) is 10.2. The zero-order valence-electron chi connectivity index (χ0n) is 20.3. The number of nitrogens with zero attached hydrogens (tertiary/aromatic N) is 4. The first-order chi connectivity index (χ1) is 17.4. The number of halogens is 1. The number of allylic oxidation sites excluding steroid dienone is 2. The second kappa shape index (κ2) is 9.86. The molecule has 2 fully saturated rings. The predicted octanol–water partition coefficient (Wildman–Crippen LogP) is 3.75. The number of carbonyl (C=O) groups is 2. The van der Waals surface area contributed by atoms with Gasteiger partial charge in [0.2, 0.25) is 5.91 Å². The Hall–Kier alpha value is -3.51. The van der Waals surface area contributed by atoms with Crippen LogP contribution in [0, 0.1) is 17.2 Å². The topological polar surface area (TPSA) is 117 Å². The second-order valence-electron chi connectivity index (χ2n) is 10.2. The van der Waals surface area contributed by atoms with Crippen molar-refractivity contribution in [2.45, 2.75) is 63.2 Å². The Morgan fingerprint density at radius 1 is 1.28 bits per heavy atom. The molecular formula is C27H31FN6O2. The molecule has 3 N–H and O–H groups in total. The Balaban J connectivity index is 1.32. The molecule has 1 saturated carbocycles. The molecule has 1 aliphatic heterocycles. The van der Waals surface area contributed by atoms with Crippen LogP contribution in [0.3, 0.4) is 0 Å². The number of primary amides is 1. The Labute approximate surface area is 209 Å². The Morgan fingerprint density at radius 3 is 2.67 bits per heavy atom. The fourth-order valence-electron chi connectivity index (χ4n) is 5.27. The van der Waals surface area contributed by atoms with Crippen LogP contribution in [-0.2, 0) is 16.9 Å². The van der Waals surface area contributed by atoms with Gasteiger partial charge in [0.25, 0.3) is 5.91 Å². The lowest BCUT2D eigenvalue weighted by Crippen LogP contribution is -2.54. The molecule has 2 unspecified atom stereocenters. The zero-order chi connectivity index (χ0) is 25.3. The van der Waals surface area contributed by atoms with Crippen molar-refractivity contribution in [1.29, 1.82) is 5.26 Å². The molecule has 1 aromatic carbocycles. The third-order valence-electron chi connectivity index (χ3n) is 7.65. The van der Waals surface area contributed by atoms with Crippen LogP contribution in [0.15, 0.2) is 36.5 Å². The fourth-order valence-corrected chi connectivity index (χ4v) is 5.27. The summed E-state index contributed by atoms with van der Waals surface area (Å²) in [5.41, 5.74) is 8.06. The number of benzene rings is 1. The normalized spacial score (nSPS) is 24.2. The molecule has 2 atom stereocenters. The van der Waals surface area contributed by atoms with E-state index in [1.807, 2.05) is 4.90 Å². The van der Waals surface area contributed by atoms with Crippen molar-refractivity contribution in [2.24, 2.45) is 11.7 Å². The van der Waals surface area contributed by atoms with E-state index < -0.39 is 17.6 Å². The number of hydrogen-bond donors (Lipinski definition) is 2. The van der Waals surface area contributed by atoms with Gasteiger partial charge in [0.05, 0.1) is 12.5 Å². The average molecular weight is 491 g/mol. The number of aromatic nitrogens is 2. The molecule has 188 valence electrons. The highest BCUT2D eigenvalue weighted by Gasteiger charge is 2.47. The van der Waals surface area contributed by atoms with Gasteiger partial charge in [-0.25, -0.2) is 4.39 Å². The van der Waals surface area contributed by atoms with E-state index in [2.05, 4.69) is 46.8 Å². The summed E-state index contributed by atoms with van der Waals surface area (Å²) in [5, 5.41) is 16.6. The number of nitriles is 1. The summed E-state index contributed by atoms with van der Waals surface area (Å²) in [6.07, 6.45) is 7.54. The smallest absolute Gasteiger partial charge is 0.254 e. The van der Waals surface area contributed by atoms with Crippen molar-refractivity contribution in [3.8, 4) is 6.07 Å². The number of nitrogens with two attached hydrogens (primary N) is 1. The summed E-state index contributed by atoms with van der Waals surface area (Å²) in [5.74, 6) is -1.04. The lowest BCUT2D eigenvalue weighted by atomic mass is 9.83. The molecular weight excluding hydrogens is 459 g/mol. The van der Waals surface area contributed by atoms with Crippen LogP contribution in [0.25, 0.3) is 5.57 Å². The maximum absolute atomic E-state index is 15.9. The van der Waals surface area contributed by atoms with E-state index in [0.29, 0.717) is 19.5 Å². The number of rotatable bonds is 8. The molecule has 0 radical (unpaired) electrons. The van der Waals surface area contributed by atoms with Crippen molar-refractivity contribution >= 4 is 23.2 Å². The fraction of sp³-hybridized carbons (Fsp3) is 0.481. The molecule has 36 heavy (non-hydrogen) atoms. The molecule has 0 bridgehead atoms. The van der Waals surface area contributed by atoms with Gasteiger partial charge in [-0.2, -0.15) is 10.4 Å². The molecule has 2 aromatic rings. The summed E-state index contributed by atoms with van der Waals surface area (Å²) < 4.78 is 17.2. The number of likely N-dealkylation sites (tertiary alicyclic amines) is 1. The highest BCUT2D eigenvalue weighted by Crippen LogP contribution is 2.38. The van der Waals surface area contributed by atoms with Crippen LogP contribution in [-0.4, -0.2) is 45.8 Å². The molecule has 2 aliphatic carbocycles. The highest BCUT2D eigenvalue weighted by atomic mass is 19.1. The number of carbonyl (C=O) groups excluding carboxylic acids is 2. The quantitative estimate of drug-likeness (QED) is 0.584. The van der Waals surface area contributed by atoms with Gasteiger partial charge in [-0.15, -0.1) is 0 Å². The maximum atomic E-state index is 15.9.